The van der Waals surface area contributed by atoms with Gasteiger partial charge in [-0.25, -0.2) is 0 Å². The van der Waals surface area contributed by atoms with Gasteiger partial charge in [0.05, 0.1) is 17.6 Å². The Bertz CT molecular complexity index is 467. The van der Waals surface area contributed by atoms with Gasteiger partial charge in [-0.05, 0) is 24.5 Å². The molecule has 0 aliphatic carbocycles. The molecule has 0 aromatic heterocycles. The van der Waals surface area contributed by atoms with Gasteiger partial charge in [0, 0.05) is 17.6 Å². The van der Waals surface area contributed by atoms with Crippen molar-refractivity contribution >= 4 is 23.0 Å². The molecule has 1 fully saturated rings. The fraction of sp³-hybridized carbons (Fsp3) is 0.500. The normalized spacial score (nSPS) is 23.4. The lowest BCUT2D eigenvalue weighted by molar-refractivity contribution is -0.384. The summed E-state index contributed by atoms with van der Waals surface area (Å²) in [5, 5.41) is 20.9. The molecule has 2 atom stereocenters. The fourth-order valence-corrected chi connectivity index (χ4v) is 2.63. The average molecular weight is 271 g/mol. The van der Waals surface area contributed by atoms with Crippen molar-refractivity contribution in [3.8, 4) is 0 Å². The van der Waals surface area contributed by atoms with Gasteiger partial charge in [-0.15, -0.1) is 0 Å². The summed E-state index contributed by atoms with van der Waals surface area (Å²) >= 11 is 5.92. The minimum atomic E-state index is -0.414. The zero-order valence-electron chi connectivity index (χ0n) is 10.0. The number of aliphatic hydroxyl groups is 1. The standard InChI is InChI=1S/C12H15ClN2O3/c1-8-4-5-14(12(8)7-16)11-6-9(13)2-3-10(11)15(17)18/h2-3,6,8,12,16H,4-5,7H2,1H3. The smallest absolute Gasteiger partial charge is 0.292 e. The number of aliphatic hydroxyl groups excluding tert-OH is 1. The van der Waals surface area contributed by atoms with E-state index in [1.165, 1.54) is 12.1 Å². The highest BCUT2D eigenvalue weighted by atomic mass is 35.5. The van der Waals surface area contributed by atoms with Crippen molar-refractivity contribution in [2.45, 2.75) is 19.4 Å². The maximum Gasteiger partial charge on any atom is 0.292 e. The molecule has 5 nitrogen and oxygen atoms in total. The van der Waals surface area contributed by atoms with Crippen molar-refractivity contribution in [2.75, 3.05) is 18.1 Å². The maximum absolute atomic E-state index is 11.0. The number of hydrogen-bond acceptors (Lipinski definition) is 4. The second-order valence-electron chi connectivity index (χ2n) is 4.60. The lowest BCUT2D eigenvalue weighted by atomic mass is 10.0. The molecule has 1 aromatic carbocycles. The largest absolute Gasteiger partial charge is 0.394 e. The molecule has 2 unspecified atom stereocenters. The topological polar surface area (TPSA) is 66.6 Å². The molecule has 0 amide bonds. The van der Waals surface area contributed by atoms with Gasteiger partial charge in [0.15, 0.2) is 0 Å². The lowest BCUT2D eigenvalue weighted by Crippen LogP contribution is -2.35. The molecule has 1 aliphatic rings. The van der Waals surface area contributed by atoms with Gasteiger partial charge in [-0.3, -0.25) is 10.1 Å². The fourth-order valence-electron chi connectivity index (χ4n) is 2.47. The van der Waals surface area contributed by atoms with Crippen molar-refractivity contribution in [1.82, 2.24) is 0 Å². The molecular formula is C12H15ClN2O3. The van der Waals surface area contributed by atoms with Gasteiger partial charge in [0.2, 0.25) is 0 Å². The summed E-state index contributed by atoms with van der Waals surface area (Å²) in [5.74, 6) is 0.314. The van der Waals surface area contributed by atoms with E-state index in [9.17, 15) is 15.2 Å². The highest BCUT2D eigenvalue weighted by molar-refractivity contribution is 6.31. The molecule has 0 saturated carbocycles. The number of rotatable bonds is 3. The van der Waals surface area contributed by atoms with Crippen LogP contribution in [0.15, 0.2) is 18.2 Å². The van der Waals surface area contributed by atoms with Gasteiger partial charge >= 0.3 is 0 Å². The molecule has 0 spiro atoms. The zero-order chi connectivity index (χ0) is 13.3. The third-order valence-electron chi connectivity index (χ3n) is 3.51. The molecule has 98 valence electrons. The molecule has 0 bridgehead atoms. The number of hydrogen-bond donors (Lipinski definition) is 1. The third kappa shape index (κ3) is 2.28. The van der Waals surface area contributed by atoms with E-state index >= 15 is 0 Å². The van der Waals surface area contributed by atoms with Gasteiger partial charge in [-0.1, -0.05) is 18.5 Å². The highest BCUT2D eigenvalue weighted by Crippen LogP contribution is 2.37. The predicted molar refractivity (Wildman–Crippen MR) is 70.1 cm³/mol. The SMILES string of the molecule is CC1CCN(c2cc(Cl)ccc2[N+](=O)[O-])C1CO. The van der Waals surface area contributed by atoms with Crippen LogP contribution in [0.3, 0.4) is 0 Å². The Morgan fingerprint density at radius 3 is 2.94 bits per heavy atom. The number of anilines is 1. The Morgan fingerprint density at radius 2 is 2.33 bits per heavy atom. The van der Waals surface area contributed by atoms with Crippen molar-refractivity contribution < 1.29 is 10.0 Å². The van der Waals surface area contributed by atoms with E-state index in [1.54, 1.807) is 6.07 Å². The Kier molecular flexibility index (Phi) is 3.73. The monoisotopic (exact) mass is 270 g/mol. The number of nitro groups is 1. The summed E-state index contributed by atoms with van der Waals surface area (Å²) < 4.78 is 0. The number of nitrogens with zero attached hydrogens (tertiary/aromatic N) is 2. The maximum atomic E-state index is 11.0. The Balaban J connectivity index is 2.43. The minimum Gasteiger partial charge on any atom is -0.394 e. The molecule has 0 radical (unpaired) electrons. The van der Waals surface area contributed by atoms with Gasteiger partial charge in [0.1, 0.15) is 5.69 Å². The summed E-state index contributed by atoms with van der Waals surface area (Å²) in [5.41, 5.74) is 0.530. The average Bonchev–Trinajstić information content (AvgIpc) is 2.69. The predicted octanol–water partition coefficient (Wildman–Crippen LogP) is 2.46. The highest BCUT2D eigenvalue weighted by Gasteiger charge is 2.34. The molecule has 1 heterocycles. The first-order valence-electron chi connectivity index (χ1n) is 5.86. The third-order valence-corrected chi connectivity index (χ3v) is 3.75. The van der Waals surface area contributed by atoms with Gasteiger partial charge in [-0.2, -0.15) is 0 Å². The summed E-state index contributed by atoms with van der Waals surface area (Å²) in [4.78, 5) is 12.5. The van der Waals surface area contributed by atoms with Crippen molar-refractivity contribution in [1.29, 1.82) is 0 Å². The molecule has 6 heteroatoms. The van der Waals surface area contributed by atoms with Crippen LogP contribution in [-0.4, -0.2) is 29.2 Å². The molecule has 1 saturated heterocycles. The summed E-state index contributed by atoms with van der Waals surface area (Å²) in [6.07, 6.45) is 0.912. The summed E-state index contributed by atoms with van der Waals surface area (Å²) in [6, 6.07) is 4.44. The van der Waals surface area contributed by atoms with Crippen LogP contribution >= 0.6 is 11.6 Å². The van der Waals surface area contributed by atoms with Crippen molar-refractivity contribution in [3.63, 3.8) is 0 Å². The van der Waals surface area contributed by atoms with E-state index in [2.05, 4.69) is 0 Å². The number of benzene rings is 1. The van der Waals surface area contributed by atoms with Crippen LogP contribution in [0.5, 0.6) is 0 Å². The number of nitro benzene ring substituents is 1. The van der Waals surface area contributed by atoms with Crippen LogP contribution in [0.4, 0.5) is 11.4 Å². The molecule has 1 aromatic rings. The molecule has 18 heavy (non-hydrogen) atoms. The van der Waals surface area contributed by atoms with Crippen LogP contribution in [0.1, 0.15) is 13.3 Å². The Labute approximate surface area is 110 Å². The lowest BCUT2D eigenvalue weighted by Gasteiger charge is -2.27. The number of halogens is 1. The summed E-state index contributed by atoms with van der Waals surface area (Å²) in [6.45, 7) is 2.73. The van der Waals surface area contributed by atoms with E-state index < -0.39 is 4.92 Å². The first-order chi connectivity index (χ1) is 8.54. The Morgan fingerprint density at radius 1 is 1.61 bits per heavy atom. The van der Waals surface area contributed by atoms with Crippen LogP contribution in [0.25, 0.3) is 0 Å². The zero-order valence-corrected chi connectivity index (χ0v) is 10.8. The van der Waals surface area contributed by atoms with Gasteiger partial charge in [0.25, 0.3) is 5.69 Å². The van der Waals surface area contributed by atoms with Gasteiger partial charge < -0.3 is 10.0 Å². The quantitative estimate of drug-likeness (QED) is 0.677. The van der Waals surface area contributed by atoms with E-state index in [-0.39, 0.29) is 18.3 Å². The first-order valence-corrected chi connectivity index (χ1v) is 6.24. The van der Waals surface area contributed by atoms with Crippen molar-refractivity contribution in [3.05, 3.63) is 33.3 Å². The van der Waals surface area contributed by atoms with Crippen molar-refractivity contribution in [2.24, 2.45) is 5.92 Å². The second-order valence-corrected chi connectivity index (χ2v) is 5.04. The van der Waals surface area contributed by atoms with Crippen LogP contribution in [0, 0.1) is 16.0 Å². The van der Waals surface area contributed by atoms with Crippen LogP contribution in [-0.2, 0) is 0 Å². The van der Waals surface area contributed by atoms with Crippen LogP contribution < -0.4 is 4.90 Å². The molecule has 2 rings (SSSR count). The summed E-state index contributed by atoms with van der Waals surface area (Å²) in [7, 11) is 0. The molecule has 1 aliphatic heterocycles. The van der Waals surface area contributed by atoms with E-state index in [1.807, 2.05) is 11.8 Å². The molecular weight excluding hydrogens is 256 g/mol. The minimum absolute atomic E-state index is 0.00909. The molecule has 1 N–H and O–H groups in total. The van der Waals surface area contributed by atoms with Crippen LogP contribution in [0.2, 0.25) is 5.02 Å². The second kappa shape index (κ2) is 5.12. The van der Waals surface area contributed by atoms with E-state index in [0.717, 1.165) is 6.42 Å². The Hall–Kier alpha value is -1.33. The first kappa shape index (κ1) is 13.1. The van der Waals surface area contributed by atoms with E-state index in [0.29, 0.717) is 23.2 Å². The van der Waals surface area contributed by atoms with E-state index in [4.69, 9.17) is 11.6 Å².